The molecule has 2 atom stereocenters. The Kier molecular flexibility index (Phi) is 4.22. The molecule has 2 fully saturated rings. The van der Waals surface area contributed by atoms with Gasteiger partial charge in [0.25, 0.3) is 0 Å². The van der Waals surface area contributed by atoms with E-state index in [2.05, 4.69) is 17.6 Å². The second kappa shape index (κ2) is 5.67. The maximum Gasteiger partial charge on any atom is 0.220 e. The van der Waals surface area contributed by atoms with Crippen LogP contribution in [0.3, 0.4) is 0 Å². The molecule has 0 bridgehead atoms. The Labute approximate surface area is 98.4 Å². The van der Waals surface area contributed by atoms with E-state index in [4.69, 9.17) is 0 Å². The minimum absolute atomic E-state index is 0.269. The molecule has 2 aliphatic rings. The van der Waals surface area contributed by atoms with Gasteiger partial charge in [-0.3, -0.25) is 4.79 Å². The average molecular weight is 224 g/mol. The number of nitrogens with one attached hydrogen (secondary N) is 2. The highest BCUT2D eigenvalue weighted by molar-refractivity contribution is 5.76. The lowest BCUT2D eigenvalue weighted by molar-refractivity contribution is -0.123. The number of carbonyl (C=O) groups is 1. The van der Waals surface area contributed by atoms with Crippen LogP contribution in [0.4, 0.5) is 0 Å². The minimum Gasteiger partial charge on any atom is -0.353 e. The van der Waals surface area contributed by atoms with Crippen LogP contribution < -0.4 is 10.6 Å². The minimum atomic E-state index is 0.269. The molecule has 0 radical (unpaired) electrons. The van der Waals surface area contributed by atoms with Crippen molar-refractivity contribution in [1.82, 2.24) is 10.6 Å². The molecule has 1 amide bonds. The fourth-order valence-corrected chi connectivity index (χ4v) is 2.67. The summed E-state index contributed by atoms with van der Waals surface area (Å²) in [5.74, 6) is 1.70. The number of rotatable bonds is 3. The number of hydrogen-bond donors (Lipinski definition) is 2. The number of amides is 1. The van der Waals surface area contributed by atoms with Crippen LogP contribution in [0.15, 0.2) is 0 Å². The maximum atomic E-state index is 11.8. The van der Waals surface area contributed by atoms with Crippen molar-refractivity contribution >= 4 is 5.91 Å². The summed E-state index contributed by atoms with van der Waals surface area (Å²) in [6, 6.07) is 0.450. The molecule has 0 aromatic rings. The zero-order valence-electron chi connectivity index (χ0n) is 10.3. The van der Waals surface area contributed by atoms with Gasteiger partial charge in [-0.2, -0.15) is 0 Å². The summed E-state index contributed by atoms with van der Waals surface area (Å²) in [7, 11) is 0. The summed E-state index contributed by atoms with van der Waals surface area (Å²) in [6.07, 6.45) is 6.96. The lowest BCUT2D eigenvalue weighted by Gasteiger charge is -2.27. The zero-order valence-corrected chi connectivity index (χ0v) is 10.3. The van der Waals surface area contributed by atoms with Crippen molar-refractivity contribution in [1.29, 1.82) is 0 Å². The molecule has 16 heavy (non-hydrogen) atoms. The Morgan fingerprint density at radius 1 is 1.25 bits per heavy atom. The fraction of sp³-hybridized carbons (Fsp3) is 0.923. The van der Waals surface area contributed by atoms with Crippen molar-refractivity contribution in [3.8, 4) is 0 Å². The van der Waals surface area contributed by atoms with E-state index in [0.717, 1.165) is 25.4 Å². The third-order valence-corrected chi connectivity index (χ3v) is 3.96. The quantitative estimate of drug-likeness (QED) is 0.716. The summed E-state index contributed by atoms with van der Waals surface area (Å²) >= 11 is 0. The fourth-order valence-electron chi connectivity index (χ4n) is 2.67. The first-order chi connectivity index (χ1) is 7.74. The number of hydrogen-bond acceptors (Lipinski definition) is 2. The Morgan fingerprint density at radius 2 is 2.06 bits per heavy atom. The Bertz CT molecular complexity index is 238. The largest absolute Gasteiger partial charge is 0.353 e. The van der Waals surface area contributed by atoms with Gasteiger partial charge in [0.05, 0.1) is 0 Å². The predicted octanol–water partition coefficient (Wildman–Crippen LogP) is 1.68. The molecule has 0 aromatic carbocycles. The molecule has 1 aliphatic carbocycles. The highest BCUT2D eigenvalue weighted by Gasteiger charge is 2.22. The van der Waals surface area contributed by atoms with E-state index >= 15 is 0 Å². The molecule has 3 nitrogen and oxygen atoms in total. The lowest BCUT2D eigenvalue weighted by atomic mass is 9.98. The van der Waals surface area contributed by atoms with Gasteiger partial charge in [0.2, 0.25) is 5.91 Å². The van der Waals surface area contributed by atoms with Crippen LogP contribution in [0.2, 0.25) is 0 Å². The predicted molar refractivity (Wildman–Crippen MR) is 65.2 cm³/mol. The summed E-state index contributed by atoms with van der Waals surface area (Å²) in [6.45, 7) is 4.37. The van der Waals surface area contributed by atoms with Gasteiger partial charge >= 0.3 is 0 Å². The molecule has 0 aromatic heterocycles. The van der Waals surface area contributed by atoms with Crippen molar-refractivity contribution in [3.63, 3.8) is 0 Å². The normalized spacial score (nSPS) is 31.6. The molecule has 1 heterocycles. The Morgan fingerprint density at radius 3 is 2.75 bits per heavy atom. The van der Waals surface area contributed by atoms with Crippen molar-refractivity contribution in [2.75, 3.05) is 13.1 Å². The molecule has 1 aliphatic heterocycles. The molecule has 2 unspecified atom stereocenters. The van der Waals surface area contributed by atoms with Crippen LogP contribution in [-0.4, -0.2) is 25.0 Å². The van der Waals surface area contributed by atoms with Gasteiger partial charge in [-0.15, -0.1) is 0 Å². The van der Waals surface area contributed by atoms with Crippen LogP contribution in [-0.2, 0) is 4.79 Å². The lowest BCUT2D eigenvalue weighted by Crippen LogP contribution is -2.45. The molecule has 2 N–H and O–H groups in total. The highest BCUT2D eigenvalue weighted by Crippen LogP contribution is 2.22. The Hall–Kier alpha value is -0.570. The monoisotopic (exact) mass is 224 g/mol. The van der Waals surface area contributed by atoms with Gasteiger partial charge in [-0.05, 0) is 44.2 Å². The van der Waals surface area contributed by atoms with Crippen LogP contribution in [0.25, 0.3) is 0 Å². The Balaban J connectivity index is 1.68. The third-order valence-electron chi connectivity index (χ3n) is 3.96. The van der Waals surface area contributed by atoms with Crippen molar-refractivity contribution in [2.24, 2.45) is 11.8 Å². The van der Waals surface area contributed by atoms with E-state index in [9.17, 15) is 4.79 Å². The standard InChI is InChI=1S/C13H24N2O/c1-10-3-2-4-12(6-5-10)15-13(16)7-11-8-14-9-11/h10-12,14H,2-9H2,1H3,(H,15,16). The van der Waals surface area contributed by atoms with Gasteiger partial charge < -0.3 is 10.6 Å². The number of carbonyl (C=O) groups excluding carboxylic acids is 1. The second-order valence-corrected chi connectivity index (χ2v) is 5.61. The van der Waals surface area contributed by atoms with Crippen LogP contribution in [0.1, 0.15) is 45.4 Å². The van der Waals surface area contributed by atoms with E-state index in [1.54, 1.807) is 0 Å². The van der Waals surface area contributed by atoms with E-state index in [1.165, 1.54) is 32.1 Å². The first-order valence-electron chi connectivity index (χ1n) is 6.74. The first-order valence-corrected chi connectivity index (χ1v) is 6.74. The summed E-state index contributed by atoms with van der Waals surface area (Å²) in [5.41, 5.74) is 0. The molecule has 1 saturated carbocycles. The van der Waals surface area contributed by atoms with E-state index < -0.39 is 0 Å². The van der Waals surface area contributed by atoms with Crippen LogP contribution in [0.5, 0.6) is 0 Å². The van der Waals surface area contributed by atoms with Crippen LogP contribution >= 0.6 is 0 Å². The molecular weight excluding hydrogens is 200 g/mol. The second-order valence-electron chi connectivity index (χ2n) is 5.61. The smallest absolute Gasteiger partial charge is 0.220 e. The molecule has 1 saturated heterocycles. The summed E-state index contributed by atoms with van der Waals surface area (Å²) < 4.78 is 0. The van der Waals surface area contributed by atoms with E-state index in [1.807, 2.05) is 0 Å². The topological polar surface area (TPSA) is 41.1 Å². The van der Waals surface area contributed by atoms with Gasteiger partial charge in [0.1, 0.15) is 0 Å². The van der Waals surface area contributed by atoms with Gasteiger partial charge in [0.15, 0.2) is 0 Å². The van der Waals surface area contributed by atoms with E-state index in [0.29, 0.717) is 12.0 Å². The molecule has 0 spiro atoms. The third kappa shape index (κ3) is 3.48. The molecule has 92 valence electrons. The molecular formula is C13H24N2O. The van der Waals surface area contributed by atoms with Gasteiger partial charge in [-0.25, -0.2) is 0 Å². The van der Waals surface area contributed by atoms with Gasteiger partial charge in [0, 0.05) is 12.5 Å². The maximum absolute atomic E-state index is 11.8. The summed E-state index contributed by atoms with van der Waals surface area (Å²) in [5, 5.41) is 6.42. The molecule has 3 heteroatoms. The van der Waals surface area contributed by atoms with Crippen molar-refractivity contribution in [3.05, 3.63) is 0 Å². The van der Waals surface area contributed by atoms with Crippen molar-refractivity contribution < 1.29 is 4.79 Å². The van der Waals surface area contributed by atoms with Crippen molar-refractivity contribution in [2.45, 2.75) is 51.5 Å². The van der Waals surface area contributed by atoms with E-state index in [-0.39, 0.29) is 5.91 Å². The summed E-state index contributed by atoms with van der Waals surface area (Å²) in [4.78, 5) is 11.8. The van der Waals surface area contributed by atoms with Gasteiger partial charge in [-0.1, -0.05) is 19.8 Å². The first kappa shape index (κ1) is 11.9. The molecule has 2 rings (SSSR count). The SMILES string of the molecule is CC1CCCC(NC(=O)CC2CNC2)CC1. The zero-order chi connectivity index (χ0) is 11.4. The van der Waals surface area contributed by atoms with Crippen LogP contribution in [0, 0.1) is 11.8 Å². The average Bonchev–Trinajstić information content (AvgIpc) is 2.38. The highest BCUT2D eigenvalue weighted by atomic mass is 16.1.